The largest absolute Gasteiger partial charge is 0.476 e. The molecule has 2 heterocycles. The van der Waals surface area contributed by atoms with E-state index in [0.29, 0.717) is 12.5 Å². The Labute approximate surface area is 111 Å². The topological polar surface area (TPSA) is 52.6 Å². The number of fused-ring (bicyclic) bond motifs is 2. The Morgan fingerprint density at radius 2 is 2.16 bits per heavy atom. The summed E-state index contributed by atoms with van der Waals surface area (Å²) < 4.78 is 16.5. The zero-order valence-corrected chi connectivity index (χ0v) is 10.8. The van der Waals surface area contributed by atoms with E-state index in [4.69, 9.17) is 14.2 Å². The van der Waals surface area contributed by atoms with E-state index in [1.165, 1.54) is 0 Å². The summed E-state index contributed by atoms with van der Waals surface area (Å²) in [6, 6.07) is 5.82. The first-order valence-corrected chi connectivity index (χ1v) is 6.40. The van der Waals surface area contributed by atoms with E-state index >= 15 is 0 Å². The van der Waals surface area contributed by atoms with E-state index in [-0.39, 0.29) is 6.79 Å². The summed E-state index contributed by atoms with van der Waals surface area (Å²) >= 11 is 0. The van der Waals surface area contributed by atoms with Crippen LogP contribution >= 0.6 is 0 Å². The van der Waals surface area contributed by atoms with Gasteiger partial charge in [-0.3, -0.25) is 0 Å². The summed E-state index contributed by atoms with van der Waals surface area (Å²) in [4.78, 5) is 4.28. The molecule has 1 aromatic carbocycles. The Bertz CT molecular complexity index is 586. The number of rotatable bonds is 5. The van der Waals surface area contributed by atoms with Crippen LogP contribution in [0.15, 0.2) is 24.4 Å². The van der Waals surface area contributed by atoms with Crippen LogP contribution in [-0.2, 0) is 0 Å². The molecule has 5 heteroatoms. The van der Waals surface area contributed by atoms with E-state index in [1.807, 2.05) is 18.2 Å². The standard InChI is InChI=1S/C14H16N2O3/c1-2-15-5-6-17-14-11-8-13-12(18-9-19-13)7-10(11)3-4-16-14/h3-4,7-8,15H,2,5-6,9H2,1H3. The summed E-state index contributed by atoms with van der Waals surface area (Å²) in [5, 5.41) is 5.20. The molecule has 0 radical (unpaired) electrons. The molecule has 0 unspecified atom stereocenters. The Balaban J connectivity index is 1.87. The third-order valence-corrected chi connectivity index (χ3v) is 2.99. The maximum absolute atomic E-state index is 5.71. The molecule has 1 aliphatic heterocycles. The summed E-state index contributed by atoms with van der Waals surface area (Å²) in [6.45, 7) is 4.67. The van der Waals surface area contributed by atoms with Crippen LogP contribution in [0.1, 0.15) is 6.92 Å². The SMILES string of the molecule is CCNCCOc1nccc2cc3c(cc12)OCO3. The highest BCUT2D eigenvalue weighted by Crippen LogP contribution is 2.38. The van der Waals surface area contributed by atoms with Crippen molar-refractivity contribution in [2.75, 3.05) is 26.5 Å². The van der Waals surface area contributed by atoms with Gasteiger partial charge in [-0.2, -0.15) is 0 Å². The average Bonchev–Trinajstić information content (AvgIpc) is 2.88. The first kappa shape index (κ1) is 12.0. The summed E-state index contributed by atoms with van der Waals surface area (Å²) in [5.74, 6) is 2.16. The molecule has 0 amide bonds. The van der Waals surface area contributed by atoms with Crippen molar-refractivity contribution in [3.05, 3.63) is 24.4 Å². The molecular weight excluding hydrogens is 244 g/mol. The molecule has 1 N–H and O–H groups in total. The molecule has 3 rings (SSSR count). The summed E-state index contributed by atoms with van der Waals surface area (Å²) in [5.41, 5.74) is 0. The van der Waals surface area contributed by atoms with E-state index in [1.54, 1.807) is 6.20 Å². The lowest BCUT2D eigenvalue weighted by Crippen LogP contribution is -2.20. The minimum absolute atomic E-state index is 0.274. The molecule has 0 spiro atoms. The molecule has 0 saturated heterocycles. The minimum Gasteiger partial charge on any atom is -0.476 e. The van der Waals surface area contributed by atoms with E-state index in [9.17, 15) is 0 Å². The van der Waals surface area contributed by atoms with Crippen LogP contribution in [0.4, 0.5) is 0 Å². The van der Waals surface area contributed by atoms with Gasteiger partial charge in [0, 0.05) is 18.1 Å². The van der Waals surface area contributed by atoms with Gasteiger partial charge >= 0.3 is 0 Å². The Morgan fingerprint density at radius 3 is 3.00 bits per heavy atom. The molecule has 0 atom stereocenters. The van der Waals surface area contributed by atoms with Crippen molar-refractivity contribution in [1.82, 2.24) is 10.3 Å². The number of likely N-dealkylation sites (N-methyl/N-ethyl adjacent to an activating group) is 1. The Kier molecular flexibility index (Phi) is 3.37. The second-order valence-corrected chi connectivity index (χ2v) is 4.24. The smallest absolute Gasteiger partial charge is 0.231 e. The van der Waals surface area contributed by atoms with Gasteiger partial charge in [-0.25, -0.2) is 4.98 Å². The van der Waals surface area contributed by atoms with E-state index in [2.05, 4.69) is 17.2 Å². The number of nitrogens with zero attached hydrogens (tertiary/aromatic N) is 1. The highest BCUT2D eigenvalue weighted by molar-refractivity contribution is 5.90. The van der Waals surface area contributed by atoms with Crippen LogP contribution in [-0.4, -0.2) is 31.5 Å². The van der Waals surface area contributed by atoms with Crippen molar-refractivity contribution in [2.45, 2.75) is 6.92 Å². The van der Waals surface area contributed by atoms with Crippen molar-refractivity contribution in [3.8, 4) is 17.4 Å². The van der Waals surface area contributed by atoms with Gasteiger partial charge in [0.05, 0.1) is 0 Å². The fourth-order valence-electron chi connectivity index (χ4n) is 2.05. The van der Waals surface area contributed by atoms with Gasteiger partial charge in [-0.1, -0.05) is 6.92 Å². The fraction of sp³-hybridized carbons (Fsp3) is 0.357. The van der Waals surface area contributed by atoms with Gasteiger partial charge in [0.1, 0.15) is 6.61 Å². The molecule has 100 valence electrons. The zero-order chi connectivity index (χ0) is 13.1. The Morgan fingerprint density at radius 1 is 1.32 bits per heavy atom. The highest BCUT2D eigenvalue weighted by atomic mass is 16.7. The third kappa shape index (κ3) is 2.42. The van der Waals surface area contributed by atoms with Crippen molar-refractivity contribution in [1.29, 1.82) is 0 Å². The summed E-state index contributed by atoms with van der Waals surface area (Å²) in [7, 11) is 0. The molecule has 0 fully saturated rings. The molecule has 0 aliphatic carbocycles. The van der Waals surface area contributed by atoms with Crippen molar-refractivity contribution in [3.63, 3.8) is 0 Å². The molecular formula is C14H16N2O3. The number of pyridine rings is 1. The van der Waals surface area contributed by atoms with Gasteiger partial charge in [-0.05, 0) is 30.1 Å². The van der Waals surface area contributed by atoms with E-state index < -0.39 is 0 Å². The number of ether oxygens (including phenoxy) is 3. The number of hydrogen-bond acceptors (Lipinski definition) is 5. The fourth-order valence-corrected chi connectivity index (χ4v) is 2.05. The van der Waals surface area contributed by atoms with Crippen molar-refractivity contribution >= 4 is 10.8 Å². The van der Waals surface area contributed by atoms with Crippen LogP contribution in [0.2, 0.25) is 0 Å². The lowest BCUT2D eigenvalue weighted by atomic mass is 10.1. The molecule has 0 saturated carbocycles. The van der Waals surface area contributed by atoms with Gasteiger partial charge < -0.3 is 19.5 Å². The maximum atomic E-state index is 5.71. The van der Waals surface area contributed by atoms with Crippen molar-refractivity contribution in [2.24, 2.45) is 0 Å². The quantitative estimate of drug-likeness (QED) is 0.833. The molecule has 5 nitrogen and oxygen atoms in total. The molecule has 0 bridgehead atoms. The third-order valence-electron chi connectivity index (χ3n) is 2.99. The number of aromatic nitrogens is 1. The van der Waals surface area contributed by atoms with Crippen LogP contribution in [0, 0.1) is 0 Å². The van der Waals surface area contributed by atoms with Crippen LogP contribution in [0.25, 0.3) is 10.8 Å². The van der Waals surface area contributed by atoms with Crippen LogP contribution in [0.3, 0.4) is 0 Å². The normalized spacial score (nSPS) is 12.9. The molecule has 2 aromatic rings. The van der Waals surface area contributed by atoms with Gasteiger partial charge in [0.15, 0.2) is 11.5 Å². The first-order valence-electron chi connectivity index (χ1n) is 6.40. The van der Waals surface area contributed by atoms with Crippen molar-refractivity contribution < 1.29 is 14.2 Å². The lowest BCUT2D eigenvalue weighted by molar-refractivity contribution is 0.174. The zero-order valence-electron chi connectivity index (χ0n) is 10.8. The number of nitrogens with one attached hydrogen (secondary N) is 1. The minimum atomic E-state index is 0.274. The van der Waals surface area contributed by atoms with Crippen LogP contribution < -0.4 is 19.5 Å². The second kappa shape index (κ2) is 5.32. The lowest BCUT2D eigenvalue weighted by Gasteiger charge is -2.09. The summed E-state index contributed by atoms with van der Waals surface area (Å²) in [6.07, 6.45) is 1.74. The first-order chi connectivity index (χ1) is 9.38. The number of benzene rings is 1. The predicted molar refractivity (Wildman–Crippen MR) is 71.9 cm³/mol. The Hall–Kier alpha value is -2.01. The molecule has 1 aromatic heterocycles. The van der Waals surface area contributed by atoms with Gasteiger partial charge in [0.2, 0.25) is 12.7 Å². The predicted octanol–water partition coefficient (Wildman–Crippen LogP) is 1.95. The highest BCUT2D eigenvalue weighted by Gasteiger charge is 2.16. The number of hydrogen-bond donors (Lipinski definition) is 1. The molecule has 1 aliphatic rings. The molecule has 19 heavy (non-hydrogen) atoms. The average molecular weight is 260 g/mol. The maximum Gasteiger partial charge on any atom is 0.231 e. The van der Waals surface area contributed by atoms with E-state index in [0.717, 1.165) is 35.4 Å². The van der Waals surface area contributed by atoms with Gasteiger partial charge in [0.25, 0.3) is 0 Å². The van der Waals surface area contributed by atoms with Crippen LogP contribution in [0.5, 0.6) is 17.4 Å². The van der Waals surface area contributed by atoms with Gasteiger partial charge in [-0.15, -0.1) is 0 Å². The second-order valence-electron chi connectivity index (χ2n) is 4.24. The monoisotopic (exact) mass is 260 g/mol.